The van der Waals surface area contributed by atoms with Crippen LogP contribution in [0.5, 0.6) is 0 Å². The minimum absolute atomic E-state index is 0.0423. The predicted molar refractivity (Wildman–Crippen MR) is 100 cm³/mol. The van der Waals surface area contributed by atoms with Gasteiger partial charge < -0.3 is 10.6 Å². The van der Waals surface area contributed by atoms with E-state index in [1.54, 1.807) is 6.92 Å². The SMILES string of the molecule is Cc1cc(C(=O)Nc2c(C)cccc2C)nc(Nc2ccc(F)c(F)c2F)n1. The van der Waals surface area contributed by atoms with Crippen molar-refractivity contribution >= 4 is 23.2 Å². The van der Waals surface area contributed by atoms with Crippen LogP contribution in [-0.2, 0) is 0 Å². The van der Waals surface area contributed by atoms with E-state index in [2.05, 4.69) is 20.6 Å². The number of rotatable bonds is 4. The summed E-state index contributed by atoms with van der Waals surface area (Å²) in [5.74, 6) is -4.90. The van der Waals surface area contributed by atoms with Crippen molar-refractivity contribution < 1.29 is 18.0 Å². The summed E-state index contributed by atoms with van der Waals surface area (Å²) in [7, 11) is 0. The van der Waals surface area contributed by atoms with Gasteiger partial charge in [-0.25, -0.2) is 23.1 Å². The molecule has 0 saturated heterocycles. The second kappa shape index (κ2) is 7.67. The van der Waals surface area contributed by atoms with Gasteiger partial charge in [-0.1, -0.05) is 18.2 Å². The number of carbonyl (C=O) groups excluding carboxylic acids is 1. The van der Waals surface area contributed by atoms with E-state index >= 15 is 0 Å². The topological polar surface area (TPSA) is 66.9 Å². The van der Waals surface area contributed by atoms with Crippen molar-refractivity contribution in [1.82, 2.24) is 9.97 Å². The molecule has 1 aromatic heterocycles. The van der Waals surface area contributed by atoms with Gasteiger partial charge in [0.2, 0.25) is 5.95 Å². The molecule has 0 unspecified atom stereocenters. The van der Waals surface area contributed by atoms with Gasteiger partial charge in [-0.15, -0.1) is 0 Å². The molecule has 2 N–H and O–H groups in total. The Kier molecular flexibility index (Phi) is 5.30. The summed E-state index contributed by atoms with van der Waals surface area (Å²) in [6, 6.07) is 8.89. The molecule has 1 amide bonds. The molecule has 0 aliphatic heterocycles. The van der Waals surface area contributed by atoms with E-state index in [9.17, 15) is 18.0 Å². The third-order valence-corrected chi connectivity index (χ3v) is 4.09. The maximum Gasteiger partial charge on any atom is 0.274 e. The Balaban J connectivity index is 1.89. The van der Waals surface area contributed by atoms with Crippen LogP contribution in [0.1, 0.15) is 27.3 Å². The average molecular weight is 386 g/mol. The Morgan fingerprint density at radius 1 is 0.929 bits per heavy atom. The van der Waals surface area contributed by atoms with Crippen LogP contribution in [0.25, 0.3) is 0 Å². The van der Waals surface area contributed by atoms with Gasteiger partial charge in [0, 0.05) is 11.4 Å². The molecule has 8 heteroatoms. The number of anilines is 3. The van der Waals surface area contributed by atoms with Crippen LogP contribution in [0.3, 0.4) is 0 Å². The highest BCUT2D eigenvalue weighted by molar-refractivity contribution is 6.04. The monoisotopic (exact) mass is 386 g/mol. The van der Waals surface area contributed by atoms with E-state index in [0.29, 0.717) is 11.4 Å². The van der Waals surface area contributed by atoms with Crippen LogP contribution in [0, 0.1) is 38.2 Å². The van der Waals surface area contributed by atoms with Gasteiger partial charge in [0.25, 0.3) is 5.91 Å². The number of para-hydroxylation sites is 1. The summed E-state index contributed by atoms with van der Waals surface area (Å²) < 4.78 is 40.4. The number of halogens is 3. The van der Waals surface area contributed by atoms with Gasteiger partial charge in [-0.05, 0) is 50.1 Å². The van der Waals surface area contributed by atoms with Crippen LogP contribution >= 0.6 is 0 Å². The summed E-state index contributed by atoms with van der Waals surface area (Å²) in [4.78, 5) is 20.8. The molecule has 0 aliphatic rings. The molecular weight excluding hydrogens is 369 g/mol. The molecule has 5 nitrogen and oxygen atoms in total. The molecule has 3 rings (SSSR count). The molecule has 1 heterocycles. The Morgan fingerprint density at radius 2 is 1.61 bits per heavy atom. The summed E-state index contributed by atoms with van der Waals surface area (Å²) >= 11 is 0. The molecular formula is C20H17F3N4O. The lowest BCUT2D eigenvalue weighted by atomic mass is 10.1. The second-order valence-electron chi connectivity index (χ2n) is 6.29. The molecule has 0 radical (unpaired) electrons. The first-order valence-corrected chi connectivity index (χ1v) is 8.40. The fraction of sp³-hybridized carbons (Fsp3) is 0.150. The van der Waals surface area contributed by atoms with Gasteiger partial charge >= 0.3 is 0 Å². The summed E-state index contributed by atoms with van der Waals surface area (Å²) in [5, 5.41) is 5.28. The maximum absolute atomic E-state index is 13.9. The standard InChI is InChI=1S/C20H17F3N4O/c1-10-5-4-6-11(2)18(10)27-19(28)15-9-12(3)24-20(26-15)25-14-8-7-13(21)16(22)17(14)23/h4-9H,1-3H3,(H,27,28)(H,24,25,26). The minimum atomic E-state index is -1.61. The number of hydrogen-bond acceptors (Lipinski definition) is 4. The van der Waals surface area contributed by atoms with Crippen LogP contribution in [0.4, 0.5) is 30.5 Å². The summed E-state index contributed by atoms with van der Waals surface area (Å²) in [6.07, 6.45) is 0. The normalized spacial score (nSPS) is 10.6. The Labute approximate surface area is 159 Å². The third-order valence-electron chi connectivity index (χ3n) is 4.09. The van der Waals surface area contributed by atoms with E-state index in [0.717, 1.165) is 23.3 Å². The molecule has 0 aliphatic carbocycles. The highest BCUT2D eigenvalue weighted by Crippen LogP contribution is 2.23. The first kappa shape index (κ1) is 19.3. The van der Waals surface area contributed by atoms with E-state index in [1.165, 1.54) is 6.07 Å². The summed E-state index contributed by atoms with van der Waals surface area (Å²) in [5.41, 5.74) is 2.59. The number of amides is 1. The van der Waals surface area contributed by atoms with Crippen LogP contribution in [0.2, 0.25) is 0 Å². The molecule has 0 bridgehead atoms. The molecule has 2 aromatic carbocycles. The van der Waals surface area contributed by atoms with Gasteiger partial charge in [-0.2, -0.15) is 0 Å². The molecule has 0 atom stereocenters. The van der Waals surface area contributed by atoms with Crippen LogP contribution in [-0.4, -0.2) is 15.9 Å². The highest BCUT2D eigenvalue weighted by Gasteiger charge is 2.17. The zero-order valence-electron chi connectivity index (χ0n) is 15.4. The second-order valence-corrected chi connectivity index (χ2v) is 6.29. The zero-order chi connectivity index (χ0) is 20.4. The van der Waals surface area contributed by atoms with E-state index < -0.39 is 23.4 Å². The van der Waals surface area contributed by atoms with Crippen molar-refractivity contribution in [2.75, 3.05) is 10.6 Å². The summed E-state index contributed by atoms with van der Waals surface area (Å²) in [6.45, 7) is 5.36. The fourth-order valence-electron chi connectivity index (χ4n) is 2.67. The van der Waals surface area contributed by atoms with Gasteiger partial charge in [0.1, 0.15) is 5.69 Å². The highest BCUT2D eigenvalue weighted by atomic mass is 19.2. The van der Waals surface area contributed by atoms with Crippen molar-refractivity contribution in [3.05, 3.63) is 76.4 Å². The van der Waals surface area contributed by atoms with E-state index in [-0.39, 0.29) is 17.3 Å². The van der Waals surface area contributed by atoms with E-state index in [4.69, 9.17) is 0 Å². The average Bonchev–Trinajstić information content (AvgIpc) is 2.65. The molecule has 28 heavy (non-hydrogen) atoms. The number of aromatic nitrogens is 2. The predicted octanol–water partition coefficient (Wildman–Crippen LogP) is 4.82. The first-order valence-electron chi connectivity index (χ1n) is 8.40. The largest absolute Gasteiger partial charge is 0.322 e. The lowest BCUT2D eigenvalue weighted by molar-refractivity contribution is 0.102. The minimum Gasteiger partial charge on any atom is -0.322 e. The molecule has 0 fully saturated rings. The molecule has 144 valence electrons. The van der Waals surface area contributed by atoms with Crippen molar-refractivity contribution in [2.24, 2.45) is 0 Å². The molecule has 0 saturated carbocycles. The van der Waals surface area contributed by atoms with Gasteiger partial charge in [0.15, 0.2) is 17.5 Å². The Hall–Kier alpha value is -3.42. The lowest BCUT2D eigenvalue weighted by Crippen LogP contribution is -2.17. The number of aryl methyl sites for hydroxylation is 3. The zero-order valence-corrected chi connectivity index (χ0v) is 15.4. The van der Waals surface area contributed by atoms with Crippen molar-refractivity contribution in [2.45, 2.75) is 20.8 Å². The lowest BCUT2D eigenvalue weighted by Gasteiger charge is -2.12. The molecule has 0 spiro atoms. The van der Waals surface area contributed by atoms with Crippen molar-refractivity contribution in [3.8, 4) is 0 Å². The van der Waals surface area contributed by atoms with Crippen molar-refractivity contribution in [1.29, 1.82) is 0 Å². The number of nitrogens with zero attached hydrogens (tertiary/aromatic N) is 2. The maximum atomic E-state index is 13.9. The number of carbonyl (C=O) groups is 1. The fourth-order valence-corrected chi connectivity index (χ4v) is 2.67. The Morgan fingerprint density at radius 3 is 2.29 bits per heavy atom. The molecule has 3 aromatic rings. The third kappa shape index (κ3) is 3.95. The first-order chi connectivity index (χ1) is 13.3. The van der Waals surface area contributed by atoms with Gasteiger partial charge in [-0.3, -0.25) is 4.79 Å². The Bertz CT molecular complexity index is 1050. The van der Waals surface area contributed by atoms with Crippen LogP contribution < -0.4 is 10.6 Å². The smallest absolute Gasteiger partial charge is 0.274 e. The quantitative estimate of drug-likeness (QED) is 0.631. The number of hydrogen-bond donors (Lipinski definition) is 2. The van der Waals surface area contributed by atoms with Crippen LogP contribution in [0.15, 0.2) is 36.4 Å². The van der Waals surface area contributed by atoms with Gasteiger partial charge in [0.05, 0.1) is 5.69 Å². The van der Waals surface area contributed by atoms with E-state index in [1.807, 2.05) is 32.0 Å². The van der Waals surface area contributed by atoms with Crippen molar-refractivity contribution in [3.63, 3.8) is 0 Å². The number of benzene rings is 2. The number of nitrogens with one attached hydrogen (secondary N) is 2.